The lowest BCUT2D eigenvalue weighted by molar-refractivity contribution is -0.117. The van der Waals surface area contributed by atoms with Crippen LogP contribution in [0.1, 0.15) is 24.5 Å². The monoisotopic (exact) mass is 452 g/mol. The van der Waals surface area contributed by atoms with Gasteiger partial charge in [0.15, 0.2) is 17.5 Å². The third-order valence-corrected chi connectivity index (χ3v) is 5.13. The SMILES string of the molecule is CCCN(CC(=O)Nc1ccc(F)c(F)c1F)Cc1cc(=O)oc2cc(C)c(Cl)cc12. The molecule has 2 aromatic carbocycles. The van der Waals surface area contributed by atoms with Gasteiger partial charge < -0.3 is 9.73 Å². The fourth-order valence-corrected chi connectivity index (χ4v) is 3.43. The maximum absolute atomic E-state index is 13.8. The van der Waals surface area contributed by atoms with Crippen molar-refractivity contribution in [3.8, 4) is 0 Å². The van der Waals surface area contributed by atoms with E-state index in [1.165, 1.54) is 6.07 Å². The molecule has 0 aliphatic heterocycles. The van der Waals surface area contributed by atoms with Gasteiger partial charge in [-0.05, 0) is 55.3 Å². The summed E-state index contributed by atoms with van der Waals surface area (Å²) < 4.78 is 45.6. The lowest BCUT2D eigenvalue weighted by Gasteiger charge is -2.22. The first-order valence-electron chi connectivity index (χ1n) is 9.58. The van der Waals surface area contributed by atoms with E-state index in [-0.39, 0.29) is 13.1 Å². The molecule has 31 heavy (non-hydrogen) atoms. The number of nitrogens with one attached hydrogen (secondary N) is 1. The van der Waals surface area contributed by atoms with Gasteiger partial charge >= 0.3 is 5.63 Å². The second kappa shape index (κ2) is 9.53. The van der Waals surface area contributed by atoms with Crippen LogP contribution in [0.25, 0.3) is 11.0 Å². The minimum absolute atomic E-state index is 0.159. The number of hydrogen-bond donors (Lipinski definition) is 1. The number of halogens is 4. The summed E-state index contributed by atoms with van der Waals surface area (Å²) in [5.41, 5.74) is 0.776. The third kappa shape index (κ3) is 5.26. The van der Waals surface area contributed by atoms with Crippen LogP contribution in [0.2, 0.25) is 5.02 Å². The molecule has 0 saturated carbocycles. The van der Waals surface area contributed by atoms with Crippen LogP contribution in [0.3, 0.4) is 0 Å². The molecule has 0 bridgehead atoms. The molecule has 0 spiro atoms. The Labute approximate surface area is 181 Å². The van der Waals surface area contributed by atoms with Crippen LogP contribution < -0.4 is 10.9 Å². The van der Waals surface area contributed by atoms with E-state index in [1.807, 2.05) is 6.92 Å². The van der Waals surface area contributed by atoms with Crippen molar-refractivity contribution in [2.45, 2.75) is 26.8 Å². The molecule has 9 heteroatoms. The van der Waals surface area contributed by atoms with Gasteiger partial charge in [0.1, 0.15) is 5.58 Å². The Morgan fingerprint density at radius 2 is 1.90 bits per heavy atom. The Morgan fingerprint density at radius 3 is 2.61 bits per heavy atom. The Bertz CT molecular complexity index is 1200. The highest BCUT2D eigenvalue weighted by atomic mass is 35.5. The van der Waals surface area contributed by atoms with Crippen LogP contribution in [0.15, 0.2) is 39.5 Å². The van der Waals surface area contributed by atoms with Crippen molar-refractivity contribution in [3.63, 3.8) is 0 Å². The van der Waals surface area contributed by atoms with Crippen LogP contribution in [0, 0.1) is 24.4 Å². The van der Waals surface area contributed by atoms with Crippen LogP contribution in [0.5, 0.6) is 0 Å². The summed E-state index contributed by atoms with van der Waals surface area (Å²) in [4.78, 5) is 26.2. The number of fused-ring (bicyclic) bond motifs is 1. The van der Waals surface area contributed by atoms with Crippen molar-refractivity contribution >= 4 is 34.2 Å². The Balaban J connectivity index is 1.83. The van der Waals surface area contributed by atoms with Crippen molar-refractivity contribution in [3.05, 3.63) is 74.4 Å². The number of carbonyl (C=O) groups excluding carboxylic acids is 1. The van der Waals surface area contributed by atoms with Crippen LogP contribution in [-0.2, 0) is 11.3 Å². The van der Waals surface area contributed by atoms with Gasteiger partial charge in [0.2, 0.25) is 5.91 Å². The number of amides is 1. The van der Waals surface area contributed by atoms with Gasteiger partial charge in [-0.25, -0.2) is 18.0 Å². The van der Waals surface area contributed by atoms with Crippen molar-refractivity contribution in [2.75, 3.05) is 18.4 Å². The fraction of sp³-hybridized carbons (Fsp3) is 0.273. The first kappa shape index (κ1) is 22.8. The zero-order valence-corrected chi connectivity index (χ0v) is 17.7. The zero-order valence-electron chi connectivity index (χ0n) is 16.9. The predicted octanol–water partition coefficient (Wildman–Crippen LogP) is 5.02. The minimum Gasteiger partial charge on any atom is -0.423 e. The van der Waals surface area contributed by atoms with Gasteiger partial charge in [-0.1, -0.05) is 18.5 Å². The normalized spacial score (nSPS) is 11.3. The summed E-state index contributed by atoms with van der Waals surface area (Å²) in [5, 5.41) is 3.41. The lowest BCUT2D eigenvalue weighted by atomic mass is 10.1. The summed E-state index contributed by atoms with van der Waals surface area (Å²) in [6, 6.07) is 6.40. The molecule has 0 saturated heterocycles. The minimum atomic E-state index is -1.65. The molecule has 0 aliphatic rings. The smallest absolute Gasteiger partial charge is 0.336 e. The average Bonchev–Trinajstić information content (AvgIpc) is 2.70. The lowest BCUT2D eigenvalue weighted by Crippen LogP contribution is -2.34. The molecular weight excluding hydrogens is 433 g/mol. The Hall–Kier alpha value is -2.84. The Morgan fingerprint density at radius 1 is 1.16 bits per heavy atom. The first-order chi connectivity index (χ1) is 14.7. The first-order valence-corrected chi connectivity index (χ1v) is 9.96. The van der Waals surface area contributed by atoms with E-state index in [4.69, 9.17) is 16.0 Å². The molecule has 164 valence electrons. The Kier molecular flexibility index (Phi) is 7.02. The molecule has 0 aliphatic carbocycles. The average molecular weight is 453 g/mol. The molecule has 1 amide bonds. The summed E-state index contributed by atoms with van der Waals surface area (Å²) in [5.74, 6) is -5.07. The van der Waals surface area contributed by atoms with Crippen LogP contribution in [0.4, 0.5) is 18.9 Å². The molecule has 0 fully saturated rings. The van der Waals surface area contributed by atoms with Gasteiger partial charge in [0, 0.05) is 23.0 Å². The maximum atomic E-state index is 13.8. The van der Waals surface area contributed by atoms with Gasteiger partial charge in [0.25, 0.3) is 0 Å². The number of anilines is 1. The van der Waals surface area contributed by atoms with Crippen LogP contribution >= 0.6 is 11.6 Å². The number of benzene rings is 2. The van der Waals surface area contributed by atoms with E-state index < -0.39 is 34.7 Å². The summed E-state index contributed by atoms with van der Waals surface area (Å²) >= 11 is 6.22. The molecule has 1 aromatic heterocycles. The largest absolute Gasteiger partial charge is 0.423 e. The van der Waals surface area contributed by atoms with E-state index in [0.717, 1.165) is 17.7 Å². The number of rotatable bonds is 7. The topological polar surface area (TPSA) is 62.6 Å². The number of hydrogen-bond acceptors (Lipinski definition) is 4. The fourth-order valence-electron chi connectivity index (χ4n) is 3.27. The third-order valence-electron chi connectivity index (χ3n) is 4.72. The highest BCUT2D eigenvalue weighted by Crippen LogP contribution is 2.26. The van der Waals surface area contributed by atoms with E-state index in [0.29, 0.717) is 34.5 Å². The zero-order chi connectivity index (χ0) is 22.7. The van der Waals surface area contributed by atoms with Gasteiger partial charge in [-0.15, -0.1) is 0 Å². The van der Waals surface area contributed by atoms with Gasteiger partial charge in [-0.3, -0.25) is 9.69 Å². The van der Waals surface area contributed by atoms with E-state index in [9.17, 15) is 22.8 Å². The second-order valence-corrected chi connectivity index (χ2v) is 7.58. The molecular formula is C22H20ClF3N2O3. The molecule has 1 N–H and O–H groups in total. The highest BCUT2D eigenvalue weighted by molar-refractivity contribution is 6.32. The number of nitrogens with zero attached hydrogens (tertiary/aromatic N) is 1. The van der Waals surface area contributed by atoms with E-state index >= 15 is 0 Å². The maximum Gasteiger partial charge on any atom is 0.336 e. The summed E-state index contributed by atoms with van der Waals surface area (Å²) in [7, 11) is 0. The molecule has 0 unspecified atom stereocenters. The molecule has 3 aromatic rings. The van der Waals surface area contributed by atoms with Crippen molar-refractivity contribution in [1.82, 2.24) is 4.90 Å². The molecule has 5 nitrogen and oxygen atoms in total. The standard InChI is InChI=1S/C22H20ClF3N2O3/c1-3-6-28(11-19(29)27-17-5-4-16(24)21(25)22(17)26)10-13-8-20(30)31-18-7-12(2)15(23)9-14(13)18/h4-5,7-9H,3,6,10-11H2,1-2H3,(H,27,29). The summed E-state index contributed by atoms with van der Waals surface area (Å²) in [6.45, 7) is 4.27. The van der Waals surface area contributed by atoms with Crippen molar-refractivity contribution in [1.29, 1.82) is 0 Å². The second-order valence-electron chi connectivity index (χ2n) is 7.17. The predicted molar refractivity (Wildman–Crippen MR) is 113 cm³/mol. The summed E-state index contributed by atoms with van der Waals surface area (Å²) in [6.07, 6.45) is 0.700. The van der Waals surface area contributed by atoms with Crippen molar-refractivity contribution < 1.29 is 22.4 Å². The van der Waals surface area contributed by atoms with Gasteiger partial charge in [-0.2, -0.15) is 0 Å². The molecule has 0 atom stereocenters. The number of aryl methyl sites for hydroxylation is 1. The highest BCUT2D eigenvalue weighted by Gasteiger charge is 2.18. The molecule has 3 rings (SSSR count). The molecule has 0 radical (unpaired) electrons. The van der Waals surface area contributed by atoms with E-state index in [1.54, 1.807) is 24.0 Å². The van der Waals surface area contributed by atoms with E-state index in [2.05, 4.69) is 5.32 Å². The van der Waals surface area contributed by atoms with Crippen molar-refractivity contribution in [2.24, 2.45) is 0 Å². The van der Waals surface area contributed by atoms with Gasteiger partial charge in [0.05, 0.1) is 12.2 Å². The number of carbonyl (C=O) groups is 1. The molecule has 1 heterocycles. The quantitative estimate of drug-likeness (QED) is 0.404. The van der Waals surface area contributed by atoms with Crippen LogP contribution in [-0.4, -0.2) is 23.9 Å².